The number of hydrogen-bond acceptors (Lipinski definition) is 5. The molecule has 0 amide bonds. The Morgan fingerprint density at radius 3 is 2.07 bits per heavy atom. The van der Waals surface area contributed by atoms with Crippen molar-refractivity contribution in [3.8, 4) is 0 Å². The highest BCUT2D eigenvalue weighted by atomic mass is 16.7. The van der Waals surface area contributed by atoms with Crippen molar-refractivity contribution in [2.24, 2.45) is 16.8 Å². The molecule has 0 aromatic heterocycles. The van der Waals surface area contributed by atoms with Gasteiger partial charge in [0.05, 0.1) is 18.9 Å². The third-order valence-corrected chi connectivity index (χ3v) is 6.46. The molecule has 0 radical (unpaired) electrons. The summed E-state index contributed by atoms with van der Waals surface area (Å²) in [6, 6.07) is 9.70. The number of para-hydroxylation sites is 1. The molecule has 1 heterocycles. The Labute approximate surface area is 173 Å². The molecule has 5 heteroatoms. The van der Waals surface area contributed by atoms with Crippen LogP contribution in [0.3, 0.4) is 0 Å². The highest BCUT2D eigenvalue weighted by molar-refractivity contribution is 5.94. The zero-order valence-electron chi connectivity index (χ0n) is 17.3. The fraction of sp³-hybridized carbons (Fsp3) is 0.667. The molecule has 2 atom stereocenters. The van der Waals surface area contributed by atoms with Crippen LogP contribution in [0.5, 0.6) is 0 Å². The Balaban J connectivity index is 1.28. The van der Waals surface area contributed by atoms with Crippen molar-refractivity contribution in [3.05, 3.63) is 30.3 Å². The number of carbonyl (C=O) groups is 1. The third kappa shape index (κ3) is 6.05. The molecule has 3 aliphatic rings. The summed E-state index contributed by atoms with van der Waals surface area (Å²) in [5, 5.41) is 0. The first-order valence-electron chi connectivity index (χ1n) is 11.4. The number of rotatable bonds is 9. The summed E-state index contributed by atoms with van der Waals surface area (Å²) in [4.78, 5) is 17.0. The lowest BCUT2D eigenvalue weighted by Gasteiger charge is -2.11. The fourth-order valence-electron chi connectivity index (χ4n) is 4.62. The van der Waals surface area contributed by atoms with Crippen LogP contribution in [0.15, 0.2) is 35.3 Å². The highest BCUT2D eigenvalue weighted by Gasteiger charge is 2.51. The van der Waals surface area contributed by atoms with E-state index < -0.39 is 12.2 Å². The SMILES string of the molecule is O=C(OCCC1CCCC1)C1OC1C(=Nc1ccccc1)OCCC1CCCC1. The molecule has 1 saturated heterocycles. The maximum Gasteiger partial charge on any atom is 0.338 e. The van der Waals surface area contributed by atoms with Crippen molar-refractivity contribution < 1.29 is 19.0 Å². The zero-order valence-corrected chi connectivity index (χ0v) is 17.3. The molecular weight excluding hydrogens is 366 g/mol. The van der Waals surface area contributed by atoms with E-state index in [4.69, 9.17) is 14.2 Å². The summed E-state index contributed by atoms with van der Waals surface area (Å²) < 4.78 is 17.1. The average molecular weight is 400 g/mol. The summed E-state index contributed by atoms with van der Waals surface area (Å²) in [5.41, 5.74) is 0.812. The van der Waals surface area contributed by atoms with Gasteiger partial charge in [-0.3, -0.25) is 0 Å². The van der Waals surface area contributed by atoms with E-state index in [-0.39, 0.29) is 5.97 Å². The molecule has 2 aliphatic carbocycles. The van der Waals surface area contributed by atoms with Crippen molar-refractivity contribution in [2.45, 2.75) is 76.4 Å². The molecule has 1 aromatic carbocycles. The minimum absolute atomic E-state index is 0.284. The summed E-state index contributed by atoms with van der Waals surface area (Å²) >= 11 is 0. The van der Waals surface area contributed by atoms with Crippen molar-refractivity contribution in [2.75, 3.05) is 13.2 Å². The van der Waals surface area contributed by atoms with Crippen LogP contribution in [-0.2, 0) is 19.0 Å². The van der Waals surface area contributed by atoms with Gasteiger partial charge in [0.25, 0.3) is 0 Å². The van der Waals surface area contributed by atoms with Crippen LogP contribution in [0.1, 0.15) is 64.2 Å². The second-order valence-corrected chi connectivity index (χ2v) is 8.66. The molecule has 29 heavy (non-hydrogen) atoms. The highest BCUT2D eigenvalue weighted by Crippen LogP contribution is 2.31. The number of benzene rings is 1. The second kappa shape index (κ2) is 10.2. The van der Waals surface area contributed by atoms with Crippen molar-refractivity contribution in [1.29, 1.82) is 0 Å². The Kier molecular flexibility index (Phi) is 7.20. The van der Waals surface area contributed by atoms with Gasteiger partial charge in [0.15, 0.2) is 12.2 Å². The quantitative estimate of drug-likeness (QED) is 0.248. The van der Waals surface area contributed by atoms with Gasteiger partial charge in [0.1, 0.15) is 0 Å². The minimum Gasteiger partial charge on any atom is -0.479 e. The van der Waals surface area contributed by atoms with E-state index in [0.717, 1.165) is 24.4 Å². The Morgan fingerprint density at radius 2 is 1.45 bits per heavy atom. The molecule has 2 unspecified atom stereocenters. The van der Waals surface area contributed by atoms with Gasteiger partial charge < -0.3 is 14.2 Å². The number of nitrogens with zero attached hydrogens (tertiary/aromatic N) is 1. The van der Waals surface area contributed by atoms with Crippen LogP contribution in [0.25, 0.3) is 0 Å². The van der Waals surface area contributed by atoms with Gasteiger partial charge in [-0.25, -0.2) is 9.79 Å². The first kappa shape index (κ1) is 20.4. The fourth-order valence-corrected chi connectivity index (χ4v) is 4.62. The van der Waals surface area contributed by atoms with Crippen LogP contribution in [0.4, 0.5) is 5.69 Å². The largest absolute Gasteiger partial charge is 0.479 e. The van der Waals surface area contributed by atoms with E-state index in [1.807, 2.05) is 30.3 Å². The molecule has 0 bridgehead atoms. The monoisotopic (exact) mass is 399 g/mol. The molecular formula is C24H33NO4. The van der Waals surface area contributed by atoms with Crippen LogP contribution in [0.2, 0.25) is 0 Å². The smallest absolute Gasteiger partial charge is 0.338 e. The number of aliphatic imine (C=N–C) groups is 1. The van der Waals surface area contributed by atoms with E-state index >= 15 is 0 Å². The maximum atomic E-state index is 12.4. The van der Waals surface area contributed by atoms with Crippen molar-refractivity contribution in [1.82, 2.24) is 0 Å². The van der Waals surface area contributed by atoms with Gasteiger partial charge in [-0.1, -0.05) is 69.6 Å². The van der Waals surface area contributed by atoms with Gasteiger partial charge in [0, 0.05) is 0 Å². The number of esters is 1. The van der Waals surface area contributed by atoms with E-state index in [2.05, 4.69) is 4.99 Å². The van der Waals surface area contributed by atoms with Gasteiger partial charge in [-0.15, -0.1) is 0 Å². The summed E-state index contributed by atoms with van der Waals surface area (Å²) in [7, 11) is 0. The van der Waals surface area contributed by atoms with E-state index in [0.29, 0.717) is 25.0 Å². The van der Waals surface area contributed by atoms with Crippen LogP contribution >= 0.6 is 0 Å². The lowest BCUT2D eigenvalue weighted by atomic mass is 10.1. The Hall–Kier alpha value is -1.88. The topological polar surface area (TPSA) is 60.4 Å². The number of epoxide rings is 1. The van der Waals surface area contributed by atoms with Gasteiger partial charge in [-0.05, 0) is 36.8 Å². The number of hydrogen-bond donors (Lipinski definition) is 0. The molecule has 1 aromatic rings. The number of carbonyl (C=O) groups excluding carboxylic acids is 1. The van der Waals surface area contributed by atoms with E-state index in [9.17, 15) is 4.79 Å². The maximum absolute atomic E-state index is 12.4. The van der Waals surface area contributed by atoms with Crippen molar-refractivity contribution >= 4 is 17.6 Å². The number of ether oxygens (including phenoxy) is 3. The standard InChI is InChI=1S/C24H33NO4/c26-24(28-17-15-19-10-6-7-11-19)22-21(29-22)23(25-20-12-2-1-3-13-20)27-16-14-18-8-4-5-9-18/h1-3,12-13,18-19,21-22H,4-11,14-17H2. The summed E-state index contributed by atoms with van der Waals surface area (Å²) in [5.74, 6) is 1.69. The molecule has 2 saturated carbocycles. The van der Waals surface area contributed by atoms with Crippen molar-refractivity contribution in [3.63, 3.8) is 0 Å². The minimum atomic E-state index is -0.576. The van der Waals surface area contributed by atoms with E-state index in [1.54, 1.807) is 0 Å². The predicted molar refractivity (Wildman–Crippen MR) is 112 cm³/mol. The Morgan fingerprint density at radius 1 is 0.862 bits per heavy atom. The van der Waals surface area contributed by atoms with Gasteiger partial charge >= 0.3 is 5.97 Å². The van der Waals surface area contributed by atoms with Gasteiger partial charge in [-0.2, -0.15) is 0 Å². The molecule has 0 spiro atoms. The molecule has 1 aliphatic heterocycles. The molecule has 0 N–H and O–H groups in total. The van der Waals surface area contributed by atoms with Crippen LogP contribution in [-0.4, -0.2) is 37.3 Å². The molecule has 4 rings (SSSR count). The lowest BCUT2D eigenvalue weighted by Crippen LogP contribution is -2.22. The molecule has 3 fully saturated rings. The first-order valence-corrected chi connectivity index (χ1v) is 11.4. The average Bonchev–Trinajstić information content (AvgIpc) is 3.10. The lowest BCUT2D eigenvalue weighted by molar-refractivity contribution is -0.145. The summed E-state index contributed by atoms with van der Waals surface area (Å²) in [6.07, 6.45) is 11.4. The molecule has 5 nitrogen and oxygen atoms in total. The second-order valence-electron chi connectivity index (χ2n) is 8.66. The van der Waals surface area contributed by atoms with Crippen LogP contribution in [0, 0.1) is 11.8 Å². The van der Waals surface area contributed by atoms with E-state index in [1.165, 1.54) is 51.4 Å². The molecule has 158 valence electrons. The Bertz CT molecular complexity index is 677. The first-order chi connectivity index (χ1) is 14.3. The predicted octanol–water partition coefficient (Wildman–Crippen LogP) is 5.20. The normalized spacial score (nSPS) is 25.3. The third-order valence-electron chi connectivity index (χ3n) is 6.46. The summed E-state index contributed by atoms with van der Waals surface area (Å²) in [6.45, 7) is 1.11. The van der Waals surface area contributed by atoms with Gasteiger partial charge in [0.2, 0.25) is 5.90 Å². The van der Waals surface area contributed by atoms with Crippen LogP contribution < -0.4 is 0 Å². The zero-order chi connectivity index (χ0) is 19.9.